The third-order valence-electron chi connectivity index (χ3n) is 4.69. The minimum atomic E-state index is -0.407. The highest BCUT2D eigenvalue weighted by Gasteiger charge is 2.24. The Balaban J connectivity index is 2.03. The number of pyridine rings is 1. The van der Waals surface area contributed by atoms with Gasteiger partial charge in [0.15, 0.2) is 5.69 Å². The number of carbonyl (C=O) groups excluding carboxylic acids is 2. The zero-order chi connectivity index (χ0) is 21.2. The Morgan fingerprint density at radius 1 is 0.966 bits per heavy atom. The van der Waals surface area contributed by atoms with E-state index >= 15 is 0 Å². The fourth-order valence-corrected chi connectivity index (χ4v) is 3.34. The summed E-state index contributed by atoms with van der Waals surface area (Å²) in [5, 5.41) is 5.96. The van der Waals surface area contributed by atoms with Gasteiger partial charge in [-0.2, -0.15) is 0 Å². The van der Waals surface area contributed by atoms with Crippen molar-refractivity contribution >= 4 is 23.0 Å². The molecule has 2 amide bonds. The highest BCUT2D eigenvalue weighted by molar-refractivity contribution is 6.09. The summed E-state index contributed by atoms with van der Waals surface area (Å²) in [6.45, 7) is 9.84. The van der Waals surface area contributed by atoms with Crippen LogP contribution in [0, 0.1) is 0 Å². The Hall–Kier alpha value is -3.15. The Bertz CT molecular complexity index is 1040. The van der Waals surface area contributed by atoms with Crippen LogP contribution in [0.2, 0.25) is 0 Å². The molecule has 6 heteroatoms. The van der Waals surface area contributed by atoms with E-state index in [0.29, 0.717) is 5.52 Å². The monoisotopic (exact) mass is 392 g/mol. The number of carbonyl (C=O) groups is 2. The molecule has 0 bridgehead atoms. The number of nitrogens with zero attached hydrogens (tertiary/aromatic N) is 2. The summed E-state index contributed by atoms with van der Waals surface area (Å²) in [7, 11) is 0. The molecule has 0 atom stereocenters. The van der Waals surface area contributed by atoms with Crippen LogP contribution in [0.4, 0.5) is 5.69 Å². The maximum atomic E-state index is 13.2. The molecule has 2 heterocycles. The third kappa shape index (κ3) is 4.31. The number of rotatable bonds is 5. The van der Waals surface area contributed by atoms with Crippen molar-refractivity contribution < 1.29 is 9.59 Å². The van der Waals surface area contributed by atoms with Gasteiger partial charge in [-0.25, -0.2) is 4.98 Å². The minimum Gasteiger partial charge on any atom is -0.345 e. The largest absolute Gasteiger partial charge is 0.345 e. The molecule has 0 saturated carbocycles. The lowest BCUT2D eigenvalue weighted by molar-refractivity contribution is 0.0908. The van der Waals surface area contributed by atoms with Gasteiger partial charge in [-0.1, -0.05) is 38.1 Å². The molecule has 6 nitrogen and oxygen atoms in total. The number of amides is 2. The van der Waals surface area contributed by atoms with E-state index in [4.69, 9.17) is 0 Å². The molecule has 0 aliphatic carbocycles. The quantitative estimate of drug-likeness (QED) is 0.682. The van der Waals surface area contributed by atoms with Crippen molar-refractivity contribution in [1.29, 1.82) is 0 Å². The van der Waals surface area contributed by atoms with Crippen LogP contribution in [0.25, 0.3) is 5.52 Å². The molecule has 3 aromatic rings. The molecule has 152 valence electrons. The van der Waals surface area contributed by atoms with E-state index < -0.39 is 5.54 Å². The van der Waals surface area contributed by atoms with Gasteiger partial charge in [0.25, 0.3) is 11.8 Å². The number of aromatic nitrogens is 2. The molecule has 2 aromatic heterocycles. The van der Waals surface area contributed by atoms with Crippen molar-refractivity contribution in [2.75, 3.05) is 5.32 Å². The molecule has 3 rings (SSSR count). The van der Waals surface area contributed by atoms with E-state index in [0.717, 1.165) is 29.7 Å². The van der Waals surface area contributed by atoms with Crippen LogP contribution in [0.5, 0.6) is 0 Å². The van der Waals surface area contributed by atoms with Crippen molar-refractivity contribution in [1.82, 2.24) is 14.7 Å². The van der Waals surface area contributed by atoms with Crippen molar-refractivity contribution in [3.05, 3.63) is 65.2 Å². The number of aryl methyl sites for hydroxylation is 2. The van der Waals surface area contributed by atoms with Crippen LogP contribution in [0.3, 0.4) is 0 Å². The molecule has 0 saturated heterocycles. The number of benzene rings is 1. The van der Waals surface area contributed by atoms with Crippen LogP contribution in [0.15, 0.2) is 42.6 Å². The maximum absolute atomic E-state index is 13.2. The molecule has 1 aromatic carbocycles. The highest BCUT2D eigenvalue weighted by atomic mass is 16.2. The van der Waals surface area contributed by atoms with Gasteiger partial charge in [0, 0.05) is 17.4 Å². The lowest BCUT2D eigenvalue weighted by Crippen LogP contribution is -2.41. The minimum absolute atomic E-state index is 0.195. The smallest absolute Gasteiger partial charge is 0.288 e. The molecule has 0 unspecified atom stereocenters. The van der Waals surface area contributed by atoms with Crippen LogP contribution in [-0.2, 0) is 12.8 Å². The fraction of sp³-hybridized carbons (Fsp3) is 0.348. The van der Waals surface area contributed by atoms with Gasteiger partial charge >= 0.3 is 0 Å². The first-order chi connectivity index (χ1) is 13.7. The average Bonchev–Trinajstić information content (AvgIpc) is 3.07. The van der Waals surface area contributed by atoms with Crippen LogP contribution in [0.1, 0.15) is 66.9 Å². The van der Waals surface area contributed by atoms with Crippen LogP contribution < -0.4 is 10.6 Å². The predicted octanol–water partition coefficient (Wildman–Crippen LogP) is 4.24. The summed E-state index contributed by atoms with van der Waals surface area (Å²) >= 11 is 0. The fourth-order valence-electron chi connectivity index (χ4n) is 3.34. The lowest BCUT2D eigenvalue weighted by atomic mass is 10.0. The molecular formula is C23H28N4O2. The number of hydrogen-bond donors (Lipinski definition) is 2. The third-order valence-corrected chi connectivity index (χ3v) is 4.69. The zero-order valence-electron chi connectivity index (χ0n) is 17.7. The van der Waals surface area contributed by atoms with Crippen molar-refractivity contribution in [2.24, 2.45) is 0 Å². The standard InChI is InChI=1S/C23H28N4O2/c1-6-15-11-10-12-16(7-2)18(15)25-21(28)19-17-13-8-9-14-27(17)20(24-19)22(29)26-23(3,4)5/h8-14H,6-7H2,1-5H3,(H,25,28)(H,26,29). The van der Waals surface area contributed by atoms with Gasteiger partial charge in [-0.15, -0.1) is 0 Å². The molecule has 0 aliphatic heterocycles. The van der Waals surface area contributed by atoms with Crippen LogP contribution in [-0.4, -0.2) is 26.7 Å². The zero-order valence-corrected chi connectivity index (χ0v) is 17.7. The second-order valence-corrected chi connectivity index (χ2v) is 8.06. The lowest BCUT2D eigenvalue weighted by Gasteiger charge is -2.19. The molecular weight excluding hydrogens is 364 g/mol. The first-order valence-electron chi connectivity index (χ1n) is 9.96. The summed E-state index contributed by atoms with van der Waals surface area (Å²) in [6, 6.07) is 11.5. The summed E-state index contributed by atoms with van der Waals surface area (Å²) in [5.74, 6) is -0.444. The number of fused-ring (bicyclic) bond motifs is 1. The van der Waals surface area contributed by atoms with Gasteiger partial charge in [0.2, 0.25) is 5.82 Å². The first kappa shape index (κ1) is 20.6. The van der Waals surface area contributed by atoms with Crippen molar-refractivity contribution in [2.45, 2.75) is 53.0 Å². The predicted molar refractivity (Wildman–Crippen MR) is 116 cm³/mol. The molecule has 0 aliphatic rings. The second kappa shape index (κ2) is 8.07. The Labute approximate surface area is 171 Å². The number of imidazole rings is 1. The number of hydrogen-bond acceptors (Lipinski definition) is 3. The van der Waals surface area contributed by atoms with Gasteiger partial charge in [0.1, 0.15) is 0 Å². The molecule has 0 spiro atoms. The molecule has 0 fully saturated rings. The summed E-state index contributed by atoms with van der Waals surface area (Å²) in [5.41, 5.74) is 3.41. The van der Waals surface area contributed by atoms with E-state index in [1.54, 1.807) is 16.7 Å². The van der Waals surface area contributed by atoms with Crippen molar-refractivity contribution in [3.63, 3.8) is 0 Å². The highest BCUT2D eigenvalue weighted by Crippen LogP contribution is 2.24. The number of anilines is 1. The summed E-state index contributed by atoms with van der Waals surface area (Å²) < 4.78 is 1.66. The average molecular weight is 393 g/mol. The van der Waals surface area contributed by atoms with E-state index in [-0.39, 0.29) is 23.3 Å². The van der Waals surface area contributed by atoms with Crippen LogP contribution >= 0.6 is 0 Å². The number of nitrogens with one attached hydrogen (secondary N) is 2. The van der Waals surface area contributed by atoms with Gasteiger partial charge in [0.05, 0.1) is 5.52 Å². The van der Waals surface area contributed by atoms with Gasteiger partial charge < -0.3 is 10.6 Å². The first-order valence-corrected chi connectivity index (χ1v) is 9.96. The topological polar surface area (TPSA) is 75.5 Å². The van der Waals surface area contributed by atoms with Crippen molar-refractivity contribution in [3.8, 4) is 0 Å². The SMILES string of the molecule is CCc1cccc(CC)c1NC(=O)c1nc(C(=O)NC(C)(C)C)n2ccccc12. The Morgan fingerprint density at radius 2 is 1.62 bits per heavy atom. The van der Waals surface area contributed by atoms with E-state index in [1.807, 2.05) is 51.1 Å². The van der Waals surface area contributed by atoms with E-state index in [9.17, 15) is 9.59 Å². The number of para-hydroxylation sites is 1. The Morgan fingerprint density at radius 3 is 2.21 bits per heavy atom. The molecule has 29 heavy (non-hydrogen) atoms. The maximum Gasteiger partial charge on any atom is 0.288 e. The molecule has 0 radical (unpaired) electrons. The summed E-state index contributed by atoms with van der Waals surface area (Å²) in [6.07, 6.45) is 3.37. The van der Waals surface area contributed by atoms with Gasteiger partial charge in [-0.05, 0) is 56.9 Å². The normalized spacial score (nSPS) is 11.5. The van der Waals surface area contributed by atoms with E-state index in [2.05, 4.69) is 29.5 Å². The van der Waals surface area contributed by atoms with Gasteiger partial charge in [-0.3, -0.25) is 14.0 Å². The second-order valence-electron chi connectivity index (χ2n) is 8.06. The Kier molecular flexibility index (Phi) is 5.73. The summed E-state index contributed by atoms with van der Waals surface area (Å²) in [4.78, 5) is 30.3. The van der Waals surface area contributed by atoms with E-state index in [1.165, 1.54) is 0 Å². The molecule has 2 N–H and O–H groups in total.